The molecule has 6 nitrogen and oxygen atoms in total. The highest BCUT2D eigenvalue weighted by Gasteiger charge is 2.44. The van der Waals surface area contributed by atoms with Gasteiger partial charge in [-0.05, 0) is 26.7 Å². The molecule has 0 aliphatic carbocycles. The van der Waals surface area contributed by atoms with Crippen LogP contribution in [0.1, 0.15) is 34.5 Å². The number of hydrogen-bond donors (Lipinski definition) is 1. The van der Waals surface area contributed by atoms with Crippen molar-refractivity contribution < 1.29 is 23.8 Å². The van der Waals surface area contributed by atoms with E-state index in [1.807, 2.05) is 44.2 Å². The van der Waals surface area contributed by atoms with Crippen molar-refractivity contribution in [3.8, 4) is 11.3 Å². The van der Waals surface area contributed by atoms with Crippen LogP contribution in [0.4, 0.5) is 0 Å². The van der Waals surface area contributed by atoms with E-state index in [2.05, 4.69) is 0 Å². The van der Waals surface area contributed by atoms with E-state index in [9.17, 15) is 14.7 Å². The molecule has 6 heteroatoms. The van der Waals surface area contributed by atoms with Crippen LogP contribution in [0.25, 0.3) is 11.3 Å². The normalized spacial score (nSPS) is 19.9. The number of benzene rings is 1. The van der Waals surface area contributed by atoms with Gasteiger partial charge in [0.1, 0.15) is 16.9 Å². The average Bonchev–Trinajstić information content (AvgIpc) is 2.97. The molecule has 1 aliphatic heterocycles. The van der Waals surface area contributed by atoms with Gasteiger partial charge in [-0.15, -0.1) is 0 Å². The SMILES string of the molecule is COCC1(C(=O)O)CCCN(C(=O)c2c(-c3ccccc3)oc(C)c2C)C1. The predicted octanol–water partition coefficient (Wildman–Crippen LogP) is 3.52. The molecule has 3 rings (SSSR count). The Morgan fingerprint density at radius 3 is 2.59 bits per heavy atom. The number of hydrogen-bond acceptors (Lipinski definition) is 4. The highest BCUT2D eigenvalue weighted by Crippen LogP contribution is 2.35. The number of ether oxygens (including phenoxy) is 1. The molecule has 144 valence electrons. The van der Waals surface area contributed by atoms with E-state index in [0.29, 0.717) is 36.5 Å². The Morgan fingerprint density at radius 2 is 1.96 bits per heavy atom. The molecule has 0 spiro atoms. The van der Waals surface area contributed by atoms with Crippen LogP contribution in [0.15, 0.2) is 34.7 Å². The lowest BCUT2D eigenvalue weighted by molar-refractivity contribution is -0.155. The van der Waals surface area contributed by atoms with Crippen LogP contribution >= 0.6 is 0 Å². The fraction of sp³-hybridized carbons (Fsp3) is 0.429. The number of nitrogens with zero attached hydrogens (tertiary/aromatic N) is 1. The molecule has 2 aromatic rings. The summed E-state index contributed by atoms with van der Waals surface area (Å²) >= 11 is 0. The van der Waals surface area contributed by atoms with Crippen molar-refractivity contribution >= 4 is 11.9 Å². The first kappa shape index (κ1) is 19.2. The summed E-state index contributed by atoms with van der Waals surface area (Å²) in [6.45, 7) is 4.44. The van der Waals surface area contributed by atoms with Crippen molar-refractivity contribution in [2.24, 2.45) is 5.41 Å². The van der Waals surface area contributed by atoms with Crippen LogP contribution in [0, 0.1) is 19.3 Å². The summed E-state index contributed by atoms with van der Waals surface area (Å²) in [5, 5.41) is 9.74. The number of piperidine rings is 1. The van der Waals surface area contributed by atoms with Gasteiger partial charge in [-0.1, -0.05) is 30.3 Å². The summed E-state index contributed by atoms with van der Waals surface area (Å²) in [5.41, 5.74) is 1.06. The summed E-state index contributed by atoms with van der Waals surface area (Å²) in [7, 11) is 1.49. The number of amides is 1. The van der Waals surface area contributed by atoms with Crippen LogP contribution in [0.3, 0.4) is 0 Å². The van der Waals surface area contributed by atoms with Crippen molar-refractivity contribution in [3.05, 3.63) is 47.2 Å². The number of carbonyl (C=O) groups excluding carboxylic acids is 1. The quantitative estimate of drug-likeness (QED) is 0.870. The van der Waals surface area contributed by atoms with Crippen LogP contribution in [-0.4, -0.2) is 48.7 Å². The number of furan rings is 1. The van der Waals surface area contributed by atoms with E-state index in [4.69, 9.17) is 9.15 Å². The van der Waals surface area contributed by atoms with E-state index in [1.165, 1.54) is 7.11 Å². The zero-order valence-corrected chi connectivity index (χ0v) is 15.9. The number of likely N-dealkylation sites (tertiary alicyclic amines) is 1. The molecule has 0 radical (unpaired) electrons. The van der Waals surface area contributed by atoms with Gasteiger partial charge in [-0.2, -0.15) is 0 Å². The molecule has 1 unspecified atom stereocenters. The van der Waals surface area contributed by atoms with E-state index in [-0.39, 0.29) is 19.1 Å². The molecular formula is C21H25NO5. The Labute approximate surface area is 158 Å². The van der Waals surface area contributed by atoms with E-state index in [0.717, 1.165) is 11.1 Å². The average molecular weight is 371 g/mol. The van der Waals surface area contributed by atoms with Gasteiger partial charge >= 0.3 is 5.97 Å². The first-order valence-electron chi connectivity index (χ1n) is 9.06. The summed E-state index contributed by atoms with van der Waals surface area (Å²) in [5.74, 6) is 0.110. The summed E-state index contributed by atoms with van der Waals surface area (Å²) in [4.78, 5) is 26.9. The monoisotopic (exact) mass is 371 g/mol. The maximum atomic E-state index is 13.4. The smallest absolute Gasteiger partial charge is 0.313 e. The van der Waals surface area contributed by atoms with Crippen molar-refractivity contribution in [1.29, 1.82) is 0 Å². The Bertz CT molecular complexity index is 838. The molecule has 1 N–H and O–H groups in total. The van der Waals surface area contributed by atoms with Gasteiger partial charge in [0.05, 0.1) is 12.2 Å². The van der Waals surface area contributed by atoms with Gasteiger partial charge in [-0.25, -0.2) is 0 Å². The first-order chi connectivity index (χ1) is 12.9. The van der Waals surface area contributed by atoms with Gasteiger partial charge in [0.25, 0.3) is 5.91 Å². The van der Waals surface area contributed by atoms with Crippen LogP contribution in [-0.2, 0) is 9.53 Å². The van der Waals surface area contributed by atoms with E-state index in [1.54, 1.807) is 4.90 Å². The summed E-state index contributed by atoms with van der Waals surface area (Å²) in [6.07, 6.45) is 1.12. The zero-order valence-electron chi connectivity index (χ0n) is 15.9. The highest BCUT2D eigenvalue weighted by molar-refractivity contribution is 6.01. The second-order valence-corrected chi connectivity index (χ2v) is 7.20. The van der Waals surface area contributed by atoms with Gasteiger partial charge in [0.15, 0.2) is 0 Å². The first-order valence-corrected chi connectivity index (χ1v) is 9.06. The molecule has 2 heterocycles. The van der Waals surface area contributed by atoms with Gasteiger partial charge in [0.2, 0.25) is 0 Å². The van der Waals surface area contributed by atoms with Gasteiger partial charge in [-0.3, -0.25) is 9.59 Å². The van der Waals surface area contributed by atoms with Crippen molar-refractivity contribution in [3.63, 3.8) is 0 Å². The number of methoxy groups -OCH3 is 1. The Kier molecular flexibility index (Phi) is 5.37. The molecular weight excluding hydrogens is 346 g/mol. The van der Waals surface area contributed by atoms with Crippen molar-refractivity contribution in [2.75, 3.05) is 26.8 Å². The fourth-order valence-electron chi connectivity index (χ4n) is 3.77. The van der Waals surface area contributed by atoms with E-state index >= 15 is 0 Å². The summed E-state index contributed by atoms with van der Waals surface area (Å²) in [6, 6.07) is 9.50. The lowest BCUT2D eigenvalue weighted by atomic mass is 9.80. The Balaban J connectivity index is 1.98. The second kappa shape index (κ2) is 7.56. The standard InChI is InChI=1S/C21H25NO5/c1-14-15(2)27-18(16-8-5-4-6-9-16)17(14)19(23)22-11-7-10-21(12-22,13-26-3)20(24)25/h4-6,8-9H,7,10-13H2,1-3H3,(H,24,25). The molecule has 27 heavy (non-hydrogen) atoms. The largest absolute Gasteiger partial charge is 0.481 e. The van der Waals surface area contributed by atoms with Crippen LogP contribution < -0.4 is 0 Å². The zero-order chi connectivity index (χ0) is 19.6. The third kappa shape index (κ3) is 3.49. The van der Waals surface area contributed by atoms with Crippen molar-refractivity contribution in [1.82, 2.24) is 4.90 Å². The topological polar surface area (TPSA) is 80.0 Å². The molecule has 0 saturated carbocycles. The third-order valence-electron chi connectivity index (χ3n) is 5.37. The molecule has 1 aromatic heterocycles. The number of rotatable bonds is 5. The molecule has 1 aliphatic rings. The predicted molar refractivity (Wildman–Crippen MR) is 101 cm³/mol. The van der Waals surface area contributed by atoms with Crippen molar-refractivity contribution in [2.45, 2.75) is 26.7 Å². The number of aliphatic carboxylic acids is 1. The number of carbonyl (C=O) groups is 2. The minimum absolute atomic E-state index is 0.0844. The van der Waals surface area contributed by atoms with E-state index < -0.39 is 11.4 Å². The van der Waals surface area contributed by atoms with Crippen LogP contribution in [0.5, 0.6) is 0 Å². The molecule has 0 bridgehead atoms. The fourth-order valence-corrected chi connectivity index (χ4v) is 3.77. The third-order valence-corrected chi connectivity index (χ3v) is 5.37. The van der Waals surface area contributed by atoms with Crippen LogP contribution in [0.2, 0.25) is 0 Å². The maximum absolute atomic E-state index is 13.4. The minimum atomic E-state index is -1.07. The lowest BCUT2D eigenvalue weighted by Gasteiger charge is -2.39. The maximum Gasteiger partial charge on any atom is 0.313 e. The summed E-state index contributed by atoms with van der Waals surface area (Å²) < 4.78 is 11.1. The molecule has 1 fully saturated rings. The second-order valence-electron chi connectivity index (χ2n) is 7.20. The molecule has 1 aromatic carbocycles. The molecule has 1 saturated heterocycles. The number of carboxylic acids is 1. The van der Waals surface area contributed by atoms with Gasteiger partial charge in [0, 0.05) is 31.3 Å². The minimum Gasteiger partial charge on any atom is -0.481 e. The Morgan fingerprint density at radius 1 is 1.26 bits per heavy atom. The lowest BCUT2D eigenvalue weighted by Crippen LogP contribution is -2.52. The highest BCUT2D eigenvalue weighted by atomic mass is 16.5. The van der Waals surface area contributed by atoms with Gasteiger partial charge < -0.3 is 19.2 Å². The Hall–Kier alpha value is -2.60. The molecule has 1 atom stereocenters. The molecule has 1 amide bonds. The number of carboxylic acid groups (broad SMARTS) is 1. The number of aryl methyl sites for hydroxylation is 1.